The lowest BCUT2D eigenvalue weighted by Gasteiger charge is -2.17. The fourth-order valence-corrected chi connectivity index (χ4v) is 3.75. The van der Waals surface area contributed by atoms with Crippen LogP contribution < -0.4 is 15.1 Å². The van der Waals surface area contributed by atoms with E-state index in [9.17, 15) is 14.4 Å². The molecule has 0 unspecified atom stereocenters. The number of hydrogen-bond donors (Lipinski definition) is 1. The summed E-state index contributed by atoms with van der Waals surface area (Å²) in [6.07, 6.45) is 1.68. The highest BCUT2D eigenvalue weighted by Crippen LogP contribution is 2.27. The lowest BCUT2D eigenvalue weighted by molar-refractivity contribution is -0.122. The summed E-state index contributed by atoms with van der Waals surface area (Å²) >= 11 is 0. The minimum absolute atomic E-state index is 0.0353. The van der Waals surface area contributed by atoms with Crippen LogP contribution in [0.2, 0.25) is 0 Å². The largest absolute Gasteiger partial charge is 0.326 e. The second-order valence-electron chi connectivity index (χ2n) is 7.43. The zero-order chi connectivity index (χ0) is 19.7. The third kappa shape index (κ3) is 3.63. The molecule has 2 aliphatic rings. The molecule has 2 fully saturated rings. The Morgan fingerprint density at radius 1 is 0.929 bits per heavy atom. The first-order valence-corrected chi connectivity index (χ1v) is 9.59. The molecule has 0 bridgehead atoms. The molecule has 6 nitrogen and oxygen atoms in total. The molecule has 4 rings (SSSR count). The van der Waals surface area contributed by atoms with E-state index in [-0.39, 0.29) is 30.1 Å². The van der Waals surface area contributed by atoms with Crippen LogP contribution in [0.5, 0.6) is 0 Å². The number of hydrogen-bond acceptors (Lipinski definition) is 3. The van der Waals surface area contributed by atoms with Gasteiger partial charge in [-0.15, -0.1) is 0 Å². The second kappa shape index (κ2) is 7.46. The van der Waals surface area contributed by atoms with Gasteiger partial charge < -0.3 is 15.1 Å². The van der Waals surface area contributed by atoms with Crippen LogP contribution in [0.3, 0.4) is 0 Å². The monoisotopic (exact) mass is 377 g/mol. The van der Waals surface area contributed by atoms with Crippen LogP contribution in [0.4, 0.5) is 17.1 Å². The van der Waals surface area contributed by atoms with Gasteiger partial charge in [-0.2, -0.15) is 0 Å². The van der Waals surface area contributed by atoms with Gasteiger partial charge in [-0.25, -0.2) is 0 Å². The Hall–Kier alpha value is -3.15. The van der Waals surface area contributed by atoms with Gasteiger partial charge in [0.2, 0.25) is 17.7 Å². The summed E-state index contributed by atoms with van der Waals surface area (Å²) in [5, 5.41) is 2.89. The van der Waals surface area contributed by atoms with Crippen LogP contribution in [-0.4, -0.2) is 30.8 Å². The van der Waals surface area contributed by atoms with E-state index in [1.165, 1.54) is 0 Å². The third-order valence-corrected chi connectivity index (χ3v) is 5.36. The van der Waals surface area contributed by atoms with Crippen LogP contribution in [0.1, 0.15) is 24.8 Å². The first-order valence-electron chi connectivity index (χ1n) is 9.59. The standard InChI is InChI=1S/C22H23N3O3/c1-15-4-8-19(9-5-15)25-14-16(13-21(25)27)22(28)23-17-6-10-18(11-7-17)24-12-2-3-20(24)26/h4-11,16H,2-3,12-14H2,1H3,(H,23,28)/t16-/m1/s1. The number of nitrogens with zero attached hydrogens (tertiary/aromatic N) is 2. The number of amides is 3. The van der Waals surface area contributed by atoms with Crippen molar-refractivity contribution < 1.29 is 14.4 Å². The van der Waals surface area contributed by atoms with Crippen molar-refractivity contribution >= 4 is 34.8 Å². The molecule has 2 saturated heterocycles. The van der Waals surface area contributed by atoms with Gasteiger partial charge in [0.1, 0.15) is 0 Å². The fraction of sp³-hybridized carbons (Fsp3) is 0.318. The Balaban J connectivity index is 1.39. The number of nitrogens with one attached hydrogen (secondary N) is 1. The number of aryl methyl sites for hydroxylation is 1. The van der Waals surface area contributed by atoms with Crippen molar-refractivity contribution in [3.05, 3.63) is 54.1 Å². The first-order chi connectivity index (χ1) is 13.5. The van der Waals surface area contributed by atoms with Gasteiger partial charge in [0, 0.05) is 43.0 Å². The van der Waals surface area contributed by atoms with Crippen LogP contribution in [0.15, 0.2) is 48.5 Å². The molecule has 0 spiro atoms. The fourth-order valence-electron chi connectivity index (χ4n) is 3.75. The average Bonchev–Trinajstić information content (AvgIpc) is 3.29. The molecule has 6 heteroatoms. The first kappa shape index (κ1) is 18.2. The molecule has 3 amide bonds. The van der Waals surface area contributed by atoms with Gasteiger partial charge >= 0.3 is 0 Å². The smallest absolute Gasteiger partial charge is 0.229 e. The molecule has 0 radical (unpaired) electrons. The van der Waals surface area contributed by atoms with Gasteiger partial charge in [0.15, 0.2) is 0 Å². The zero-order valence-corrected chi connectivity index (χ0v) is 15.9. The summed E-state index contributed by atoms with van der Waals surface area (Å²) in [5.74, 6) is -0.439. The topological polar surface area (TPSA) is 69.7 Å². The zero-order valence-electron chi connectivity index (χ0n) is 15.9. The number of carbonyl (C=O) groups excluding carboxylic acids is 3. The Labute approximate surface area is 164 Å². The van der Waals surface area contributed by atoms with Crippen molar-refractivity contribution in [2.75, 3.05) is 28.2 Å². The van der Waals surface area contributed by atoms with Crippen molar-refractivity contribution in [3.8, 4) is 0 Å². The SMILES string of the molecule is Cc1ccc(N2C[C@H](C(=O)Nc3ccc(N4CCCC4=O)cc3)CC2=O)cc1. The minimum atomic E-state index is -0.381. The Bertz CT molecular complexity index is 906. The molecule has 0 saturated carbocycles. The summed E-state index contributed by atoms with van der Waals surface area (Å²) in [6.45, 7) is 3.12. The Kier molecular flexibility index (Phi) is 4.86. The molecule has 144 valence electrons. The minimum Gasteiger partial charge on any atom is -0.326 e. The van der Waals surface area contributed by atoms with E-state index < -0.39 is 0 Å². The maximum absolute atomic E-state index is 12.6. The van der Waals surface area contributed by atoms with E-state index >= 15 is 0 Å². The van der Waals surface area contributed by atoms with E-state index in [0.29, 0.717) is 18.7 Å². The quantitative estimate of drug-likeness (QED) is 0.890. The van der Waals surface area contributed by atoms with Crippen LogP contribution in [-0.2, 0) is 14.4 Å². The second-order valence-corrected chi connectivity index (χ2v) is 7.43. The highest BCUT2D eigenvalue weighted by molar-refractivity contribution is 6.03. The highest BCUT2D eigenvalue weighted by atomic mass is 16.2. The van der Waals surface area contributed by atoms with Crippen LogP contribution in [0, 0.1) is 12.8 Å². The molecule has 2 aromatic carbocycles. The van der Waals surface area contributed by atoms with Crippen molar-refractivity contribution in [1.82, 2.24) is 0 Å². The van der Waals surface area contributed by atoms with Crippen LogP contribution in [0.25, 0.3) is 0 Å². The Morgan fingerprint density at radius 2 is 1.57 bits per heavy atom. The molecule has 1 atom stereocenters. The lowest BCUT2D eigenvalue weighted by Crippen LogP contribution is -2.28. The summed E-state index contributed by atoms with van der Waals surface area (Å²) in [6, 6.07) is 15.0. The number of rotatable bonds is 4. The van der Waals surface area contributed by atoms with Crippen LogP contribution >= 0.6 is 0 Å². The van der Waals surface area contributed by atoms with E-state index in [4.69, 9.17) is 0 Å². The molecule has 2 aromatic rings. The van der Waals surface area contributed by atoms with E-state index in [2.05, 4.69) is 5.32 Å². The van der Waals surface area contributed by atoms with E-state index in [1.807, 2.05) is 43.3 Å². The maximum atomic E-state index is 12.6. The predicted molar refractivity (Wildman–Crippen MR) is 108 cm³/mol. The molecule has 0 aliphatic carbocycles. The van der Waals surface area contributed by atoms with Gasteiger partial charge in [-0.3, -0.25) is 14.4 Å². The van der Waals surface area contributed by atoms with Crippen molar-refractivity contribution in [2.24, 2.45) is 5.92 Å². The predicted octanol–water partition coefficient (Wildman–Crippen LogP) is 3.11. The summed E-state index contributed by atoms with van der Waals surface area (Å²) in [5.41, 5.74) is 3.47. The van der Waals surface area contributed by atoms with Crippen molar-refractivity contribution in [2.45, 2.75) is 26.2 Å². The number of anilines is 3. The molecule has 2 aliphatic heterocycles. The number of carbonyl (C=O) groups is 3. The van der Waals surface area contributed by atoms with Gasteiger partial charge in [0.25, 0.3) is 0 Å². The molecular formula is C22H23N3O3. The molecule has 2 heterocycles. The lowest BCUT2D eigenvalue weighted by atomic mass is 10.1. The van der Waals surface area contributed by atoms with E-state index in [1.54, 1.807) is 21.9 Å². The molecule has 28 heavy (non-hydrogen) atoms. The van der Waals surface area contributed by atoms with Crippen molar-refractivity contribution in [3.63, 3.8) is 0 Å². The van der Waals surface area contributed by atoms with Crippen molar-refractivity contribution in [1.29, 1.82) is 0 Å². The Morgan fingerprint density at radius 3 is 2.21 bits per heavy atom. The van der Waals surface area contributed by atoms with Gasteiger partial charge in [-0.1, -0.05) is 17.7 Å². The average molecular weight is 377 g/mol. The summed E-state index contributed by atoms with van der Waals surface area (Å²) in [7, 11) is 0. The summed E-state index contributed by atoms with van der Waals surface area (Å²) < 4.78 is 0. The normalized spacial score (nSPS) is 19.4. The molecule has 1 N–H and O–H groups in total. The summed E-state index contributed by atoms with van der Waals surface area (Å²) in [4.78, 5) is 40.3. The van der Waals surface area contributed by atoms with Gasteiger partial charge in [0.05, 0.1) is 5.92 Å². The highest BCUT2D eigenvalue weighted by Gasteiger charge is 2.35. The van der Waals surface area contributed by atoms with E-state index in [0.717, 1.165) is 29.9 Å². The molecule has 0 aromatic heterocycles. The molecular weight excluding hydrogens is 354 g/mol. The number of benzene rings is 2. The third-order valence-electron chi connectivity index (χ3n) is 5.36. The maximum Gasteiger partial charge on any atom is 0.229 e. The van der Waals surface area contributed by atoms with Gasteiger partial charge in [-0.05, 0) is 49.7 Å².